The Hall–Kier alpha value is -3.43. The largest absolute Gasteiger partial charge is 0.368 e. The van der Waals surface area contributed by atoms with Crippen LogP contribution in [0.2, 0.25) is 0 Å². The molecule has 2 aliphatic heterocycles. The van der Waals surface area contributed by atoms with Gasteiger partial charge in [-0.1, -0.05) is 0 Å². The molecule has 0 saturated carbocycles. The van der Waals surface area contributed by atoms with Crippen molar-refractivity contribution in [3.8, 4) is 0 Å². The number of benzene rings is 1. The Morgan fingerprint density at radius 1 is 1.00 bits per heavy atom. The van der Waals surface area contributed by atoms with E-state index in [2.05, 4.69) is 15.3 Å². The van der Waals surface area contributed by atoms with E-state index in [1.165, 1.54) is 24.5 Å². The van der Waals surface area contributed by atoms with Gasteiger partial charge in [0.25, 0.3) is 0 Å². The highest BCUT2D eigenvalue weighted by molar-refractivity contribution is 6.01. The van der Waals surface area contributed by atoms with Gasteiger partial charge in [-0.25, -0.2) is 18.7 Å². The number of nitrogens with zero attached hydrogens (tertiary/aromatic N) is 4. The highest BCUT2D eigenvalue weighted by atomic mass is 19.1. The second-order valence-corrected chi connectivity index (χ2v) is 7.22. The lowest BCUT2D eigenvalue weighted by Gasteiger charge is -2.36. The molecule has 0 aliphatic carbocycles. The molecular formula is C20H19F2N5O3. The average Bonchev–Trinajstić information content (AvgIpc) is 2.75. The van der Waals surface area contributed by atoms with E-state index in [4.69, 9.17) is 0 Å². The predicted molar refractivity (Wildman–Crippen MR) is 103 cm³/mol. The highest BCUT2D eigenvalue weighted by Crippen LogP contribution is 2.32. The fraction of sp³-hybridized carbons (Fsp3) is 0.350. The lowest BCUT2D eigenvalue weighted by atomic mass is 9.89. The van der Waals surface area contributed by atoms with Crippen LogP contribution in [-0.2, 0) is 9.59 Å². The van der Waals surface area contributed by atoms with Crippen molar-refractivity contribution < 1.29 is 23.2 Å². The standard InChI is InChI=1S/C20H19F2N5O3/c21-15-7-13(8-16(22)19(15)14-1-2-18(29)25-20(14)30)26-3-5-27(6-4-26)17-10-23-12(11-28)9-24-17/h7-11,14H,1-6H2,(H,25,29,30). The van der Waals surface area contributed by atoms with Crippen molar-refractivity contribution >= 4 is 29.6 Å². The minimum Gasteiger partial charge on any atom is -0.368 e. The van der Waals surface area contributed by atoms with Gasteiger partial charge in [-0.3, -0.25) is 19.7 Å². The van der Waals surface area contributed by atoms with E-state index in [1.807, 2.05) is 9.80 Å². The zero-order valence-corrected chi connectivity index (χ0v) is 16.0. The number of hydrogen-bond acceptors (Lipinski definition) is 7. The number of hydrogen-bond donors (Lipinski definition) is 1. The third-order valence-corrected chi connectivity index (χ3v) is 5.40. The van der Waals surface area contributed by atoms with Gasteiger partial charge in [-0.15, -0.1) is 0 Å². The normalized spacial score (nSPS) is 19.6. The number of imide groups is 1. The maximum absolute atomic E-state index is 14.7. The quantitative estimate of drug-likeness (QED) is 0.596. The SMILES string of the molecule is O=Cc1cnc(N2CCN(c3cc(F)c(C4CCC(=O)NC4=O)c(F)c3)CC2)cn1. The molecule has 1 aromatic heterocycles. The molecule has 2 amide bonds. The first-order valence-corrected chi connectivity index (χ1v) is 9.56. The number of amides is 2. The van der Waals surface area contributed by atoms with Gasteiger partial charge in [-0.05, 0) is 18.6 Å². The number of aromatic nitrogens is 2. The summed E-state index contributed by atoms with van der Waals surface area (Å²) in [5, 5.41) is 2.13. The number of anilines is 2. The first kappa shape index (κ1) is 19.9. The predicted octanol–water partition coefficient (Wildman–Crippen LogP) is 1.41. The summed E-state index contributed by atoms with van der Waals surface area (Å²) < 4.78 is 29.5. The Bertz CT molecular complexity index is 967. The third kappa shape index (κ3) is 3.85. The molecule has 2 aromatic rings. The number of piperidine rings is 1. The molecule has 1 unspecified atom stereocenters. The first-order valence-electron chi connectivity index (χ1n) is 9.56. The molecule has 8 nitrogen and oxygen atoms in total. The maximum Gasteiger partial charge on any atom is 0.234 e. The fourth-order valence-corrected chi connectivity index (χ4v) is 3.80. The molecule has 1 N–H and O–H groups in total. The van der Waals surface area contributed by atoms with E-state index in [9.17, 15) is 23.2 Å². The van der Waals surface area contributed by atoms with Gasteiger partial charge in [0, 0.05) is 43.9 Å². The first-order chi connectivity index (χ1) is 14.5. The molecule has 1 atom stereocenters. The maximum atomic E-state index is 14.7. The molecule has 0 radical (unpaired) electrons. The van der Waals surface area contributed by atoms with Gasteiger partial charge in [0.15, 0.2) is 6.29 Å². The molecule has 10 heteroatoms. The topological polar surface area (TPSA) is 95.5 Å². The second-order valence-electron chi connectivity index (χ2n) is 7.22. The number of nitrogens with one attached hydrogen (secondary N) is 1. The van der Waals surface area contributed by atoms with E-state index < -0.39 is 29.4 Å². The second kappa shape index (κ2) is 8.13. The van der Waals surface area contributed by atoms with E-state index in [1.54, 1.807) is 0 Å². The summed E-state index contributed by atoms with van der Waals surface area (Å²) in [4.78, 5) is 46.0. The zero-order chi connectivity index (χ0) is 21.3. The Balaban J connectivity index is 1.47. The van der Waals surface area contributed by atoms with Crippen molar-refractivity contribution in [3.05, 3.63) is 47.4 Å². The molecule has 3 heterocycles. The van der Waals surface area contributed by atoms with Crippen LogP contribution in [-0.4, -0.2) is 54.2 Å². The van der Waals surface area contributed by atoms with Crippen molar-refractivity contribution in [2.45, 2.75) is 18.8 Å². The molecule has 1 aromatic carbocycles. The van der Waals surface area contributed by atoms with Crippen LogP contribution in [0.4, 0.5) is 20.3 Å². The molecule has 156 valence electrons. The van der Waals surface area contributed by atoms with Crippen molar-refractivity contribution in [1.29, 1.82) is 0 Å². The number of rotatable bonds is 4. The Kier molecular flexibility index (Phi) is 5.39. The number of carbonyl (C=O) groups excluding carboxylic acids is 3. The van der Waals surface area contributed by atoms with E-state index in [0.717, 1.165) is 0 Å². The summed E-state index contributed by atoms with van der Waals surface area (Å²) in [6, 6.07) is 2.47. The number of carbonyl (C=O) groups is 3. The van der Waals surface area contributed by atoms with Crippen LogP contribution in [0.1, 0.15) is 34.8 Å². The summed E-state index contributed by atoms with van der Waals surface area (Å²) in [5.41, 5.74) is 0.343. The van der Waals surface area contributed by atoms with Crippen LogP contribution in [0.15, 0.2) is 24.5 Å². The van der Waals surface area contributed by atoms with Crippen LogP contribution in [0.25, 0.3) is 0 Å². The van der Waals surface area contributed by atoms with Gasteiger partial charge in [-0.2, -0.15) is 0 Å². The number of piperazine rings is 1. The zero-order valence-electron chi connectivity index (χ0n) is 16.0. The monoisotopic (exact) mass is 415 g/mol. The smallest absolute Gasteiger partial charge is 0.234 e. The van der Waals surface area contributed by atoms with E-state index in [0.29, 0.717) is 44.0 Å². The van der Waals surface area contributed by atoms with E-state index in [-0.39, 0.29) is 24.1 Å². The average molecular weight is 415 g/mol. The molecule has 0 spiro atoms. The van der Waals surface area contributed by atoms with Crippen LogP contribution < -0.4 is 15.1 Å². The fourth-order valence-electron chi connectivity index (χ4n) is 3.80. The molecule has 2 fully saturated rings. The van der Waals surface area contributed by atoms with Crippen LogP contribution in [0.5, 0.6) is 0 Å². The van der Waals surface area contributed by atoms with Gasteiger partial charge in [0.1, 0.15) is 23.1 Å². The third-order valence-electron chi connectivity index (χ3n) is 5.40. The van der Waals surface area contributed by atoms with E-state index >= 15 is 0 Å². The van der Waals surface area contributed by atoms with Gasteiger partial charge < -0.3 is 9.80 Å². The van der Waals surface area contributed by atoms with Gasteiger partial charge in [0.2, 0.25) is 11.8 Å². The highest BCUT2D eigenvalue weighted by Gasteiger charge is 2.33. The summed E-state index contributed by atoms with van der Waals surface area (Å²) in [7, 11) is 0. The minimum atomic E-state index is -1.01. The van der Waals surface area contributed by atoms with Gasteiger partial charge >= 0.3 is 0 Å². The van der Waals surface area contributed by atoms with Gasteiger partial charge in [0.05, 0.1) is 18.3 Å². The van der Waals surface area contributed by atoms with Crippen LogP contribution in [0, 0.1) is 11.6 Å². The van der Waals surface area contributed by atoms with Crippen LogP contribution >= 0.6 is 0 Å². The molecule has 0 bridgehead atoms. The summed E-state index contributed by atoms with van der Waals surface area (Å²) >= 11 is 0. The lowest BCUT2D eigenvalue weighted by Crippen LogP contribution is -2.47. The van der Waals surface area contributed by atoms with Crippen LogP contribution in [0.3, 0.4) is 0 Å². The minimum absolute atomic E-state index is 0.0513. The van der Waals surface area contributed by atoms with Crippen molar-refractivity contribution in [3.63, 3.8) is 0 Å². The van der Waals surface area contributed by atoms with Crippen molar-refractivity contribution in [2.24, 2.45) is 0 Å². The molecule has 2 aliphatic rings. The van der Waals surface area contributed by atoms with Crippen molar-refractivity contribution in [1.82, 2.24) is 15.3 Å². The number of aldehydes is 1. The Morgan fingerprint density at radius 2 is 1.67 bits per heavy atom. The number of halogens is 2. The summed E-state index contributed by atoms with van der Waals surface area (Å²) in [6.45, 7) is 2.14. The summed E-state index contributed by atoms with van der Waals surface area (Å²) in [5.74, 6) is -3.08. The molecular weight excluding hydrogens is 396 g/mol. The molecule has 2 saturated heterocycles. The molecule has 30 heavy (non-hydrogen) atoms. The Morgan fingerprint density at radius 3 is 2.23 bits per heavy atom. The lowest BCUT2D eigenvalue weighted by molar-refractivity contribution is -0.134. The molecule has 4 rings (SSSR count). The Labute approximate surface area is 170 Å². The summed E-state index contributed by atoms with van der Waals surface area (Å²) in [6.07, 6.45) is 3.67. The van der Waals surface area contributed by atoms with Crippen molar-refractivity contribution in [2.75, 3.05) is 36.0 Å².